The Labute approximate surface area is 59.4 Å². The molecule has 0 amide bonds. The van der Waals surface area contributed by atoms with E-state index < -0.39 is 0 Å². The number of hydrogen-bond acceptors (Lipinski definition) is 3. The Kier molecular flexibility index (Phi) is 5.10. The lowest BCUT2D eigenvalue weighted by molar-refractivity contribution is 0.306. The van der Waals surface area contributed by atoms with Gasteiger partial charge < -0.3 is 10.4 Å². The molecule has 0 aliphatic rings. The van der Waals surface area contributed by atoms with Gasteiger partial charge in [0.25, 0.3) is 0 Å². The molecule has 0 heterocycles. The number of hydrogen-bond donors (Lipinski definition) is 3. The van der Waals surface area contributed by atoms with Crippen LogP contribution >= 0.6 is 0 Å². The SMILES string of the molecule is CN/C(=N/CCO)NC#N. The number of nitrogens with one attached hydrogen (secondary N) is 2. The lowest BCUT2D eigenvalue weighted by Crippen LogP contribution is -2.31. The van der Waals surface area contributed by atoms with Gasteiger partial charge in [-0.1, -0.05) is 0 Å². The van der Waals surface area contributed by atoms with Gasteiger partial charge in [-0.3, -0.25) is 10.3 Å². The van der Waals surface area contributed by atoms with Crippen molar-refractivity contribution in [2.45, 2.75) is 0 Å². The van der Waals surface area contributed by atoms with Gasteiger partial charge in [-0.05, 0) is 0 Å². The first-order valence-corrected chi connectivity index (χ1v) is 2.83. The number of aliphatic hydroxyl groups is 1. The molecule has 0 aromatic carbocycles. The zero-order valence-electron chi connectivity index (χ0n) is 5.76. The average molecular weight is 142 g/mol. The summed E-state index contributed by atoms with van der Waals surface area (Å²) < 4.78 is 0. The van der Waals surface area contributed by atoms with Gasteiger partial charge in [0.15, 0.2) is 6.19 Å². The van der Waals surface area contributed by atoms with Gasteiger partial charge in [-0.25, -0.2) is 0 Å². The van der Waals surface area contributed by atoms with Crippen LogP contribution in [0.1, 0.15) is 0 Å². The highest BCUT2D eigenvalue weighted by Crippen LogP contribution is 1.68. The molecule has 5 nitrogen and oxygen atoms in total. The fourth-order valence-electron chi connectivity index (χ4n) is 0.396. The van der Waals surface area contributed by atoms with Crippen molar-refractivity contribution >= 4 is 5.96 Å². The third-order valence-corrected chi connectivity index (χ3v) is 0.781. The number of aliphatic hydroxyl groups excluding tert-OH is 1. The summed E-state index contributed by atoms with van der Waals surface area (Å²) in [5.41, 5.74) is 0. The van der Waals surface area contributed by atoms with Crippen molar-refractivity contribution in [3.63, 3.8) is 0 Å². The minimum absolute atomic E-state index is 0.0156. The Morgan fingerprint density at radius 2 is 2.50 bits per heavy atom. The van der Waals surface area contributed by atoms with E-state index >= 15 is 0 Å². The topological polar surface area (TPSA) is 80.4 Å². The van der Waals surface area contributed by atoms with Crippen LogP contribution in [0.4, 0.5) is 0 Å². The highest BCUT2D eigenvalue weighted by molar-refractivity contribution is 5.80. The predicted octanol–water partition coefficient (Wildman–Crippen LogP) is -1.38. The molecule has 0 saturated heterocycles. The van der Waals surface area contributed by atoms with Crippen molar-refractivity contribution < 1.29 is 5.11 Å². The third kappa shape index (κ3) is 3.69. The monoisotopic (exact) mass is 142 g/mol. The van der Waals surface area contributed by atoms with Gasteiger partial charge in [-0.15, -0.1) is 0 Å². The third-order valence-electron chi connectivity index (χ3n) is 0.781. The van der Waals surface area contributed by atoms with Gasteiger partial charge in [0.05, 0.1) is 13.2 Å². The zero-order valence-corrected chi connectivity index (χ0v) is 5.76. The Morgan fingerprint density at radius 1 is 1.80 bits per heavy atom. The van der Waals surface area contributed by atoms with E-state index in [4.69, 9.17) is 10.4 Å². The molecule has 0 saturated carbocycles. The van der Waals surface area contributed by atoms with Crippen LogP contribution < -0.4 is 10.6 Å². The molecule has 56 valence electrons. The number of guanidine groups is 1. The van der Waals surface area contributed by atoms with Gasteiger partial charge in [0.2, 0.25) is 5.96 Å². The second-order valence-electron chi connectivity index (χ2n) is 1.44. The minimum Gasteiger partial charge on any atom is -0.394 e. The standard InChI is InChI=1S/C5H10N4O/c1-7-5(9-4-6)8-2-3-10/h10H,2-3H2,1H3,(H2,7,8,9). The van der Waals surface area contributed by atoms with E-state index in [2.05, 4.69) is 15.6 Å². The maximum atomic E-state index is 8.33. The highest BCUT2D eigenvalue weighted by Gasteiger charge is 1.88. The molecular weight excluding hydrogens is 132 g/mol. The van der Waals surface area contributed by atoms with E-state index in [1.807, 2.05) is 0 Å². The van der Waals surface area contributed by atoms with Gasteiger partial charge >= 0.3 is 0 Å². The molecule has 0 bridgehead atoms. The number of nitriles is 1. The quantitative estimate of drug-likeness (QED) is 0.192. The molecule has 0 aliphatic heterocycles. The lowest BCUT2D eigenvalue weighted by Gasteiger charge is -1.99. The van der Waals surface area contributed by atoms with Crippen LogP contribution in [0, 0.1) is 11.5 Å². The summed E-state index contributed by atoms with van der Waals surface area (Å²) in [6.07, 6.45) is 1.70. The second-order valence-corrected chi connectivity index (χ2v) is 1.44. The molecule has 5 heteroatoms. The summed E-state index contributed by atoms with van der Waals surface area (Å²) in [6, 6.07) is 0. The molecule has 10 heavy (non-hydrogen) atoms. The summed E-state index contributed by atoms with van der Waals surface area (Å²) in [6.45, 7) is 0.281. The molecule has 0 aromatic rings. The summed E-state index contributed by atoms with van der Waals surface area (Å²) in [5.74, 6) is 0.372. The van der Waals surface area contributed by atoms with Crippen molar-refractivity contribution in [2.24, 2.45) is 4.99 Å². The molecule has 0 atom stereocenters. The Hall–Kier alpha value is -1.28. The molecule has 0 fully saturated rings. The molecule has 3 N–H and O–H groups in total. The molecule has 0 aliphatic carbocycles. The number of aliphatic imine (C=N–C) groups is 1. The van der Waals surface area contributed by atoms with E-state index in [0.29, 0.717) is 12.5 Å². The average Bonchev–Trinajstić information content (AvgIpc) is 1.98. The van der Waals surface area contributed by atoms with Crippen molar-refractivity contribution in [2.75, 3.05) is 20.2 Å². The molecule has 0 unspecified atom stereocenters. The van der Waals surface area contributed by atoms with E-state index in [9.17, 15) is 0 Å². The zero-order chi connectivity index (χ0) is 7.82. The first-order chi connectivity index (χ1) is 4.85. The molecule has 0 rings (SSSR count). The van der Waals surface area contributed by atoms with Crippen LogP contribution in [0.25, 0.3) is 0 Å². The molecular formula is C5H10N4O. The van der Waals surface area contributed by atoms with E-state index in [1.54, 1.807) is 13.2 Å². The van der Waals surface area contributed by atoms with E-state index in [-0.39, 0.29) is 6.61 Å². The van der Waals surface area contributed by atoms with Crippen molar-refractivity contribution in [1.29, 1.82) is 5.26 Å². The van der Waals surface area contributed by atoms with Crippen LogP contribution in [0.15, 0.2) is 4.99 Å². The summed E-state index contributed by atoms with van der Waals surface area (Å²) in [7, 11) is 1.64. The summed E-state index contributed by atoms with van der Waals surface area (Å²) >= 11 is 0. The van der Waals surface area contributed by atoms with E-state index in [1.165, 1.54) is 0 Å². The van der Waals surface area contributed by atoms with Crippen LogP contribution in [0.5, 0.6) is 0 Å². The predicted molar refractivity (Wildman–Crippen MR) is 37.2 cm³/mol. The Balaban J connectivity index is 3.69. The first-order valence-electron chi connectivity index (χ1n) is 2.83. The summed E-state index contributed by atoms with van der Waals surface area (Å²) in [5, 5.41) is 21.4. The van der Waals surface area contributed by atoms with Crippen LogP contribution in [-0.2, 0) is 0 Å². The smallest absolute Gasteiger partial charge is 0.204 e. The van der Waals surface area contributed by atoms with Crippen LogP contribution in [-0.4, -0.2) is 31.3 Å². The van der Waals surface area contributed by atoms with E-state index in [0.717, 1.165) is 0 Å². The number of nitrogens with zero attached hydrogens (tertiary/aromatic N) is 2. The Morgan fingerprint density at radius 3 is 2.90 bits per heavy atom. The minimum atomic E-state index is -0.0156. The largest absolute Gasteiger partial charge is 0.394 e. The second kappa shape index (κ2) is 5.85. The maximum Gasteiger partial charge on any atom is 0.204 e. The summed E-state index contributed by atoms with van der Waals surface area (Å²) in [4.78, 5) is 3.77. The maximum absolute atomic E-state index is 8.33. The lowest BCUT2D eigenvalue weighted by atomic mass is 10.7. The Bertz CT molecular complexity index is 148. The van der Waals surface area contributed by atoms with Crippen molar-refractivity contribution in [1.82, 2.24) is 10.6 Å². The molecule has 0 spiro atoms. The fraction of sp³-hybridized carbons (Fsp3) is 0.600. The highest BCUT2D eigenvalue weighted by atomic mass is 16.3. The van der Waals surface area contributed by atoms with Crippen molar-refractivity contribution in [3.05, 3.63) is 0 Å². The number of rotatable bonds is 2. The first kappa shape index (κ1) is 8.72. The normalized spacial score (nSPS) is 10.3. The van der Waals surface area contributed by atoms with Crippen LogP contribution in [0.2, 0.25) is 0 Å². The molecule has 0 aromatic heterocycles. The van der Waals surface area contributed by atoms with Crippen LogP contribution in [0.3, 0.4) is 0 Å². The van der Waals surface area contributed by atoms with Gasteiger partial charge in [-0.2, -0.15) is 5.26 Å². The van der Waals surface area contributed by atoms with Crippen molar-refractivity contribution in [3.8, 4) is 6.19 Å². The fourth-order valence-corrected chi connectivity index (χ4v) is 0.396. The van der Waals surface area contributed by atoms with Gasteiger partial charge in [0, 0.05) is 7.05 Å². The molecule has 0 radical (unpaired) electrons. The van der Waals surface area contributed by atoms with Gasteiger partial charge in [0.1, 0.15) is 0 Å².